The monoisotopic (exact) mass is 284 g/mol. The van der Waals surface area contributed by atoms with E-state index in [0.717, 1.165) is 21.9 Å². The third kappa shape index (κ3) is 2.05. The molecule has 1 aromatic heterocycles. The van der Waals surface area contributed by atoms with Gasteiger partial charge < -0.3 is 9.72 Å². The lowest BCUT2D eigenvalue weighted by Crippen LogP contribution is -2.17. The minimum atomic E-state index is -0.0713. The van der Waals surface area contributed by atoms with Crippen molar-refractivity contribution >= 4 is 27.0 Å². The first-order chi connectivity index (χ1) is 7.74. The SMILES string of the molecule is COCCCn1c(=O)[nH]c2c(Br)cccc21. The fourth-order valence-corrected chi connectivity index (χ4v) is 2.19. The number of aromatic amines is 1. The average molecular weight is 285 g/mol. The maximum atomic E-state index is 11.7. The number of hydrogen-bond donors (Lipinski definition) is 1. The number of nitrogens with one attached hydrogen (secondary N) is 1. The van der Waals surface area contributed by atoms with Crippen LogP contribution in [0.3, 0.4) is 0 Å². The first kappa shape index (κ1) is 11.4. The number of halogens is 1. The van der Waals surface area contributed by atoms with Crippen molar-refractivity contribution in [2.45, 2.75) is 13.0 Å². The summed E-state index contributed by atoms with van der Waals surface area (Å²) >= 11 is 3.42. The van der Waals surface area contributed by atoms with Crippen molar-refractivity contribution in [3.05, 3.63) is 33.2 Å². The van der Waals surface area contributed by atoms with Crippen LogP contribution in [0, 0.1) is 0 Å². The molecule has 0 spiro atoms. The molecule has 0 aliphatic rings. The van der Waals surface area contributed by atoms with Crippen LogP contribution in [0.25, 0.3) is 11.0 Å². The molecule has 0 aliphatic carbocycles. The van der Waals surface area contributed by atoms with E-state index in [0.29, 0.717) is 13.2 Å². The average Bonchev–Trinajstić information content (AvgIpc) is 2.58. The summed E-state index contributed by atoms with van der Waals surface area (Å²) in [5.41, 5.74) is 1.71. The van der Waals surface area contributed by atoms with Gasteiger partial charge in [-0.25, -0.2) is 4.79 Å². The third-order valence-corrected chi connectivity index (χ3v) is 3.15. The summed E-state index contributed by atoms with van der Waals surface area (Å²) in [6, 6.07) is 5.77. The molecule has 0 unspecified atom stereocenters. The van der Waals surface area contributed by atoms with E-state index < -0.39 is 0 Å². The largest absolute Gasteiger partial charge is 0.385 e. The summed E-state index contributed by atoms with van der Waals surface area (Å²) in [6.45, 7) is 1.33. The van der Waals surface area contributed by atoms with E-state index in [1.54, 1.807) is 11.7 Å². The Kier molecular flexibility index (Phi) is 3.46. The molecule has 1 N–H and O–H groups in total. The van der Waals surface area contributed by atoms with Gasteiger partial charge in [0, 0.05) is 24.7 Å². The number of H-pyrrole nitrogens is 1. The van der Waals surface area contributed by atoms with E-state index in [-0.39, 0.29) is 5.69 Å². The maximum Gasteiger partial charge on any atom is 0.326 e. The summed E-state index contributed by atoms with van der Waals surface area (Å²) in [5, 5.41) is 0. The minimum Gasteiger partial charge on any atom is -0.385 e. The summed E-state index contributed by atoms with van der Waals surface area (Å²) in [6.07, 6.45) is 0.829. The molecule has 16 heavy (non-hydrogen) atoms. The summed E-state index contributed by atoms with van der Waals surface area (Å²) < 4.78 is 7.63. The van der Waals surface area contributed by atoms with Crippen molar-refractivity contribution < 1.29 is 4.74 Å². The zero-order valence-electron chi connectivity index (χ0n) is 9.00. The van der Waals surface area contributed by atoms with Crippen LogP contribution in [0.2, 0.25) is 0 Å². The molecule has 86 valence electrons. The minimum absolute atomic E-state index is 0.0713. The van der Waals surface area contributed by atoms with Gasteiger partial charge in [0.2, 0.25) is 0 Å². The van der Waals surface area contributed by atoms with Crippen molar-refractivity contribution in [2.24, 2.45) is 0 Å². The number of fused-ring (bicyclic) bond motifs is 1. The van der Waals surface area contributed by atoms with E-state index in [1.807, 2.05) is 18.2 Å². The number of imidazole rings is 1. The number of para-hydroxylation sites is 1. The van der Waals surface area contributed by atoms with Gasteiger partial charge in [0.25, 0.3) is 0 Å². The Morgan fingerprint density at radius 2 is 2.31 bits per heavy atom. The number of aromatic nitrogens is 2. The highest BCUT2D eigenvalue weighted by Crippen LogP contribution is 2.20. The molecular weight excluding hydrogens is 272 g/mol. The molecule has 0 bridgehead atoms. The highest BCUT2D eigenvalue weighted by molar-refractivity contribution is 9.10. The van der Waals surface area contributed by atoms with Gasteiger partial charge in [-0.1, -0.05) is 6.07 Å². The van der Waals surface area contributed by atoms with Crippen molar-refractivity contribution in [3.8, 4) is 0 Å². The molecule has 0 saturated heterocycles. The number of hydrogen-bond acceptors (Lipinski definition) is 2. The van der Waals surface area contributed by atoms with Crippen molar-refractivity contribution in [3.63, 3.8) is 0 Å². The molecule has 5 heteroatoms. The Hall–Kier alpha value is -1.07. The number of ether oxygens (including phenoxy) is 1. The lowest BCUT2D eigenvalue weighted by Gasteiger charge is -2.02. The van der Waals surface area contributed by atoms with Crippen LogP contribution in [0.15, 0.2) is 27.5 Å². The second-order valence-corrected chi connectivity index (χ2v) is 4.42. The molecule has 0 atom stereocenters. The van der Waals surface area contributed by atoms with Crippen LogP contribution in [0.5, 0.6) is 0 Å². The third-order valence-electron chi connectivity index (χ3n) is 2.49. The lowest BCUT2D eigenvalue weighted by atomic mass is 10.3. The van der Waals surface area contributed by atoms with E-state index in [1.165, 1.54) is 0 Å². The predicted molar refractivity (Wildman–Crippen MR) is 66.8 cm³/mol. The first-order valence-corrected chi connectivity index (χ1v) is 5.89. The second-order valence-electron chi connectivity index (χ2n) is 3.56. The van der Waals surface area contributed by atoms with Gasteiger partial charge in [0.1, 0.15) is 0 Å². The first-order valence-electron chi connectivity index (χ1n) is 5.10. The van der Waals surface area contributed by atoms with Crippen molar-refractivity contribution in [1.82, 2.24) is 9.55 Å². The second kappa shape index (κ2) is 4.84. The quantitative estimate of drug-likeness (QED) is 0.875. The van der Waals surface area contributed by atoms with Gasteiger partial charge >= 0.3 is 5.69 Å². The molecule has 0 aliphatic heterocycles. The molecule has 0 amide bonds. The maximum absolute atomic E-state index is 11.7. The molecule has 1 heterocycles. The number of nitrogens with zero attached hydrogens (tertiary/aromatic N) is 1. The van der Waals surface area contributed by atoms with Gasteiger partial charge in [-0.05, 0) is 34.5 Å². The van der Waals surface area contributed by atoms with Gasteiger partial charge in [-0.3, -0.25) is 4.57 Å². The van der Waals surface area contributed by atoms with Gasteiger partial charge in [0.15, 0.2) is 0 Å². The smallest absolute Gasteiger partial charge is 0.326 e. The van der Waals surface area contributed by atoms with E-state index in [4.69, 9.17) is 4.74 Å². The fourth-order valence-electron chi connectivity index (χ4n) is 1.73. The molecule has 0 radical (unpaired) electrons. The molecule has 2 rings (SSSR count). The van der Waals surface area contributed by atoms with E-state index >= 15 is 0 Å². The number of methoxy groups -OCH3 is 1. The van der Waals surface area contributed by atoms with Crippen LogP contribution < -0.4 is 5.69 Å². The molecule has 2 aromatic rings. The molecule has 0 saturated carbocycles. The highest BCUT2D eigenvalue weighted by atomic mass is 79.9. The van der Waals surface area contributed by atoms with Crippen LogP contribution in [0.1, 0.15) is 6.42 Å². The fraction of sp³-hybridized carbons (Fsp3) is 0.364. The Bertz CT molecular complexity index is 544. The van der Waals surface area contributed by atoms with Crippen LogP contribution in [-0.4, -0.2) is 23.3 Å². The molecule has 1 aromatic carbocycles. The molecular formula is C11H13BrN2O2. The van der Waals surface area contributed by atoms with Gasteiger partial charge in [-0.15, -0.1) is 0 Å². The Morgan fingerprint density at radius 1 is 1.50 bits per heavy atom. The zero-order chi connectivity index (χ0) is 11.5. The van der Waals surface area contributed by atoms with Crippen LogP contribution >= 0.6 is 15.9 Å². The molecule has 4 nitrogen and oxygen atoms in total. The Labute approximate surface area is 101 Å². The van der Waals surface area contributed by atoms with Gasteiger partial charge in [-0.2, -0.15) is 0 Å². The summed E-state index contributed by atoms with van der Waals surface area (Å²) in [5.74, 6) is 0. The van der Waals surface area contributed by atoms with E-state index in [9.17, 15) is 4.79 Å². The van der Waals surface area contributed by atoms with Crippen LogP contribution in [0.4, 0.5) is 0 Å². The summed E-state index contributed by atoms with van der Waals surface area (Å²) in [7, 11) is 1.66. The zero-order valence-corrected chi connectivity index (χ0v) is 10.6. The highest BCUT2D eigenvalue weighted by Gasteiger charge is 2.07. The van der Waals surface area contributed by atoms with Gasteiger partial charge in [0.05, 0.1) is 11.0 Å². The number of benzene rings is 1. The Balaban J connectivity index is 2.40. The topological polar surface area (TPSA) is 47.0 Å². The number of aryl methyl sites for hydroxylation is 1. The normalized spacial score (nSPS) is 11.1. The molecule has 0 fully saturated rings. The van der Waals surface area contributed by atoms with Crippen molar-refractivity contribution in [2.75, 3.05) is 13.7 Å². The van der Waals surface area contributed by atoms with Crippen molar-refractivity contribution in [1.29, 1.82) is 0 Å². The Morgan fingerprint density at radius 3 is 3.06 bits per heavy atom. The van der Waals surface area contributed by atoms with E-state index in [2.05, 4.69) is 20.9 Å². The van der Waals surface area contributed by atoms with Crippen LogP contribution in [-0.2, 0) is 11.3 Å². The summed E-state index contributed by atoms with van der Waals surface area (Å²) in [4.78, 5) is 14.6. The standard InChI is InChI=1S/C11H13BrN2O2/c1-16-7-3-6-14-9-5-2-4-8(12)10(9)13-11(14)15/h2,4-5H,3,6-7H2,1H3,(H,13,15). The lowest BCUT2D eigenvalue weighted by molar-refractivity contribution is 0.190. The number of rotatable bonds is 4. The predicted octanol–water partition coefficient (Wildman–Crippen LogP) is 2.13.